The van der Waals surface area contributed by atoms with E-state index in [4.69, 9.17) is 4.74 Å². The summed E-state index contributed by atoms with van der Waals surface area (Å²) in [6, 6.07) is 3.04. The Hall–Kier alpha value is -1.99. The molecule has 3 rings (SSSR count). The molecule has 0 bridgehead atoms. The summed E-state index contributed by atoms with van der Waals surface area (Å²) in [5, 5.41) is 8.69. The molecule has 0 radical (unpaired) electrons. The van der Waals surface area contributed by atoms with Gasteiger partial charge in [0.1, 0.15) is 11.9 Å². The first-order chi connectivity index (χ1) is 10.6. The van der Waals surface area contributed by atoms with Gasteiger partial charge in [0.2, 0.25) is 11.8 Å². The average molecular weight is 304 g/mol. The highest BCUT2D eigenvalue weighted by molar-refractivity contribution is 5.96. The molecule has 1 aromatic heterocycles. The standard InChI is InChI=1S/C15H20N4O3/c1-9-13(16-6-7-22-9)15(21)18-11-4-5-12(17-8-11)19-14(20)10-2-3-10/h4-5,8-10,13,16H,2-3,6-7H2,1H3,(H,18,21)(H,17,19,20)/t9-,13+/m1/s1. The second-order valence-corrected chi connectivity index (χ2v) is 5.69. The molecule has 1 aliphatic heterocycles. The molecule has 2 fully saturated rings. The van der Waals surface area contributed by atoms with Gasteiger partial charge in [-0.1, -0.05) is 0 Å². The minimum atomic E-state index is -0.372. The molecule has 118 valence electrons. The van der Waals surface area contributed by atoms with E-state index in [1.165, 1.54) is 6.20 Å². The number of nitrogens with one attached hydrogen (secondary N) is 3. The maximum Gasteiger partial charge on any atom is 0.244 e. The predicted molar refractivity (Wildman–Crippen MR) is 81.4 cm³/mol. The van der Waals surface area contributed by atoms with E-state index in [9.17, 15) is 9.59 Å². The SMILES string of the molecule is C[C@H]1OCCN[C@@H]1C(=O)Nc1ccc(NC(=O)C2CC2)nc1. The number of aromatic nitrogens is 1. The van der Waals surface area contributed by atoms with E-state index < -0.39 is 0 Å². The molecule has 2 amide bonds. The van der Waals surface area contributed by atoms with Gasteiger partial charge in [0.15, 0.2) is 0 Å². The Balaban J connectivity index is 1.55. The lowest BCUT2D eigenvalue weighted by Crippen LogP contribution is -2.53. The molecule has 1 aromatic rings. The van der Waals surface area contributed by atoms with Crippen LogP contribution in [-0.4, -0.2) is 42.1 Å². The summed E-state index contributed by atoms with van der Waals surface area (Å²) in [5.41, 5.74) is 0.592. The van der Waals surface area contributed by atoms with Crippen molar-refractivity contribution in [1.29, 1.82) is 0 Å². The van der Waals surface area contributed by atoms with Gasteiger partial charge in [0.05, 0.1) is 24.6 Å². The van der Waals surface area contributed by atoms with Crippen molar-refractivity contribution < 1.29 is 14.3 Å². The quantitative estimate of drug-likeness (QED) is 0.763. The van der Waals surface area contributed by atoms with Crippen LogP contribution >= 0.6 is 0 Å². The Morgan fingerprint density at radius 1 is 1.27 bits per heavy atom. The lowest BCUT2D eigenvalue weighted by molar-refractivity contribution is -0.123. The fourth-order valence-corrected chi connectivity index (χ4v) is 2.36. The van der Waals surface area contributed by atoms with E-state index in [2.05, 4.69) is 20.9 Å². The summed E-state index contributed by atoms with van der Waals surface area (Å²) in [6.45, 7) is 3.14. The third-order valence-electron chi connectivity index (χ3n) is 3.83. The highest BCUT2D eigenvalue weighted by Gasteiger charge is 2.30. The number of carbonyl (C=O) groups excluding carboxylic acids is 2. The van der Waals surface area contributed by atoms with Gasteiger partial charge in [-0.15, -0.1) is 0 Å². The van der Waals surface area contributed by atoms with Gasteiger partial charge >= 0.3 is 0 Å². The number of carbonyl (C=O) groups is 2. The second kappa shape index (κ2) is 6.41. The van der Waals surface area contributed by atoms with Crippen LogP contribution in [0.4, 0.5) is 11.5 Å². The fourth-order valence-electron chi connectivity index (χ4n) is 2.36. The number of morpholine rings is 1. The molecule has 2 heterocycles. The summed E-state index contributed by atoms with van der Waals surface area (Å²) in [4.78, 5) is 28.0. The molecule has 1 aliphatic carbocycles. The van der Waals surface area contributed by atoms with Gasteiger partial charge in [-0.05, 0) is 31.9 Å². The predicted octanol–water partition coefficient (Wildman–Crippen LogP) is 0.745. The maximum atomic E-state index is 12.2. The van der Waals surface area contributed by atoms with Crippen molar-refractivity contribution in [3.63, 3.8) is 0 Å². The van der Waals surface area contributed by atoms with E-state index in [0.29, 0.717) is 24.7 Å². The third kappa shape index (κ3) is 3.61. The van der Waals surface area contributed by atoms with Gasteiger partial charge in [0, 0.05) is 12.5 Å². The Bertz CT molecular complexity index is 556. The van der Waals surface area contributed by atoms with Crippen LogP contribution in [0, 0.1) is 5.92 Å². The van der Waals surface area contributed by atoms with E-state index >= 15 is 0 Å². The van der Waals surface area contributed by atoms with Crippen LogP contribution in [0.5, 0.6) is 0 Å². The zero-order valence-electron chi connectivity index (χ0n) is 12.5. The molecule has 0 aromatic carbocycles. The summed E-state index contributed by atoms with van der Waals surface area (Å²) in [5.74, 6) is 0.507. The van der Waals surface area contributed by atoms with Gasteiger partial charge in [-0.3, -0.25) is 9.59 Å². The van der Waals surface area contributed by atoms with Crippen molar-refractivity contribution in [2.75, 3.05) is 23.8 Å². The Morgan fingerprint density at radius 2 is 2.09 bits per heavy atom. The lowest BCUT2D eigenvalue weighted by atomic mass is 10.1. The molecule has 0 spiro atoms. The summed E-state index contributed by atoms with van der Waals surface area (Å²) < 4.78 is 5.45. The van der Waals surface area contributed by atoms with Crippen molar-refractivity contribution >= 4 is 23.3 Å². The zero-order chi connectivity index (χ0) is 15.5. The average Bonchev–Trinajstić information content (AvgIpc) is 3.34. The summed E-state index contributed by atoms with van der Waals surface area (Å²) >= 11 is 0. The number of amides is 2. The zero-order valence-corrected chi connectivity index (χ0v) is 12.5. The summed E-state index contributed by atoms with van der Waals surface area (Å²) in [6.07, 6.45) is 3.27. The maximum absolute atomic E-state index is 12.2. The van der Waals surface area contributed by atoms with Gasteiger partial charge in [-0.25, -0.2) is 4.98 Å². The van der Waals surface area contributed by atoms with Crippen molar-refractivity contribution in [2.45, 2.75) is 31.9 Å². The van der Waals surface area contributed by atoms with Crippen molar-refractivity contribution in [1.82, 2.24) is 10.3 Å². The van der Waals surface area contributed by atoms with Crippen LogP contribution in [0.25, 0.3) is 0 Å². The van der Waals surface area contributed by atoms with Crippen LogP contribution in [0.2, 0.25) is 0 Å². The molecule has 7 nitrogen and oxygen atoms in total. The smallest absolute Gasteiger partial charge is 0.244 e. The lowest BCUT2D eigenvalue weighted by Gasteiger charge is -2.29. The molecule has 3 N–H and O–H groups in total. The number of anilines is 2. The van der Waals surface area contributed by atoms with Gasteiger partial charge < -0.3 is 20.7 Å². The molecule has 2 atom stereocenters. The number of nitrogens with zero attached hydrogens (tertiary/aromatic N) is 1. The first kappa shape index (κ1) is 14.9. The van der Waals surface area contributed by atoms with Crippen LogP contribution in [-0.2, 0) is 14.3 Å². The minimum absolute atomic E-state index is 0.0154. The molecular weight excluding hydrogens is 284 g/mol. The molecule has 1 saturated heterocycles. The van der Waals surface area contributed by atoms with Gasteiger partial charge in [-0.2, -0.15) is 0 Å². The molecule has 2 aliphatic rings. The monoisotopic (exact) mass is 304 g/mol. The van der Waals surface area contributed by atoms with Gasteiger partial charge in [0.25, 0.3) is 0 Å². The van der Waals surface area contributed by atoms with E-state index in [-0.39, 0.29) is 29.9 Å². The van der Waals surface area contributed by atoms with Crippen molar-refractivity contribution in [2.24, 2.45) is 5.92 Å². The molecule has 0 unspecified atom stereocenters. The Morgan fingerprint density at radius 3 is 2.73 bits per heavy atom. The Labute approximate surface area is 128 Å². The highest BCUT2D eigenvalue weighted by atomic mass is 16.5. The first-order valence-electron chi connectivity index (χ1n) is 7.56. The van der Waals surface area contributed by atoms with Crippen LogP contribution in [0.15, 0.2) is 18.3 Å². The minimum Gasteiger partial charge on any atom is -0.375 e. The second-order valence-electron chi connectivity index (χ2n) is 5.69. The Kier molecular flexibility index (Phi) is 4.35. The van der Waals surface area contributed by atoms with E-state index in [1.54, 1.807) is 12.1 Å². The number of rotatable bonds is 4. The van der Waals surface area contributed by atoms with Crippen LogP contribution in [0.3, 0.4) is 0 Å². The largest absolute Gasteiger partial charge is 0.375 e. The van der Waals surface area contributed by atoms with Crippen molar-refractivity contribution in [3.05, 3.63) is 18.3 Å². The topological polar surface area (TPSA) is 92.4 Å². The molecule has 22 heavy (non-hydrogen) atoms. The van der Waals surface area contributed by atoms with Crippen LogP contribution in [0.1, 0.15) is 19.8 Å². The molecular formula is C15H20N4O3. The summed E-state index contributed by atoms with van der Waals surface area (Å²) in [7, 11) is 0. The normalized spacial score (nSPS) is 24.6. The first-order valence-corrected chi connectivity index (χ1v) is 7.56. The van der Waals surface area contributed by atoms with Crippen molar-refractivity contribution in [3.8, 4) is 0 Å². The highest BCUT2D eigenvalue weighted by Crippen LogP contribution is 2.29. The number of hydrogen-bond donors (Lipinski definition) is 3. The van der Waals surface area contributed by atoms with E-state index in [0.717, 1.165) is 12.8 Å². The third-order valence-corrected chi connectivity index (χ3v) is 3.83. The fraction of sp³-hybridized carbons (Fsp3) is 0.533. The molecule has 7 heteroatoms. The molecule has 1 saturated carbocycles. The van der Waals surface area contributed by atoms with Crippen LogP contribution < -0.4 is 16.0 Å². The number of hydrogen-bond acceptors (Lipinski definition) is 5. The number of ether oxygens (including phenoxy) is 1. The van der Waals surface area contributed by atoms with E-state index in [1.807, 2.05) is 6.92 Å². The number of pyridine rings is 1.